The van der Waals surface area contributed by atoms with Crippen molar-refractivity contribution in [2.24, 2.45) is 0 Å². The predicted molar refractivity (Wildman–Crippen MR) is 114 cm³/mol. The molecule has 8 heteroatoms. The molecule has 1 aliphatic rings. The average molecular weight is 428 g/mol. The maximum atomic E-state index is 13.3. The number of benzene rings is 2. The molecule has 3 aromatic rings. The van der Waals surface area contributed by atoms with Gasteiger partial charge >= 0.3 is 0 Å². The molecule has 0 atom stereocenters. The molecule has 7 nitrogen and oxygen atoms in total. The molecular formula is C22H24ClN4O3+. The molecule has 0 radical (unpaired) electrons. The Morgan fingerprint density at radius 2 is 1.87 bits per heavy atom. The third-order valence-electron chi connectivity index (χ3n) is 5.48. The highest BCUT2D eigenvalue weighted by Gasteiger charge is 2.29. The number of nitrogens with zero attached hydrogens (tertiary/aromatic N) is 3. The summed E-state index contributed by atoms with van der Waals surface area (Å²) in [5.41, 5.74) is 5.73. The fraction of sp³-hybridized carbons (Fsp3) is 0.273. The fourth-order valence-electron chi connectivity index (χ4n) is 3.88. The number of rotatable bonds is 4. The highest BCUT2D eigenvalue weighted by Crippen LogP contribution is 2.32. The zero-order valence-corrected chi connectivity index (χ0v) is 17.7. The SMILES string of the molecule is Cc1cc([NH2+]O)ccc1N1CCN(C(=O)c2c(-c3ccccc3Cl)noc2C)CC1. The van der Waals surface area contributed by atoms with Crippen LogP contribution >= 0.6 is 11.6 Å². The highest BCUT2D eigenvalue weighted by atomic mass is 35.5. The lowest BCUT2D eigenvalue weighted by molar-refractivity contribution is -0.825. The summed E-state index contributed by atoms with van der Waals surface area (Å²) < 4.78 is 5.36. The van der Waals surface area contributed by atoms with Crippen molar-refractivity contribution in [3.63, 3.8) is 0 Å². The van der Waals surface area contributed by atoms with E-state index in [0.717, 1.165) is 35.5 Å². The van der Waals surface area contributed by atoms with Gasteiger partial charge in [-0.25, -0.2) is 5.21 Å². The van der Waals surface area contributed by atoms with Crippen LogP contribution in [0.4, 0.5) is 11.4 Å². The molecule has 0 unspecified atom stereocenters. The molecule has 1 amide bonds. The highest BCUT2D eigenvalue weighted by molar-refractivity contribution is 6.33. The third kappa shape index (κ3) is 3.79. The van der Waals surface area contributed by atoms with Gasteiger partial charge in [-0.1, -0.05) is 35.0 Å². The molecule has 1 saturated heterocycles. The molecule has 1 fully saturated rings. The molecular weight excluding hydrogens is 404 g/mol. The lowest BCUT2D eigenvalue weighted by Crippen LogP contribution is -2.73. The number of hydrogen-bond donors (Lipinski definition) is 2. The Morgan fingerprint density at radius 3 is 2.53 bits per heavy atom. The molecule has 2 heterocycles. The first-order valence-corrected chi connectivity index (χ1v) is 10.2. The van der Waals surface area contributed by atoms with Gasteiger partial charge in [0.05, 0.1) is 5.02 Å². The summed E-state index contributed by atoms with van der Waals surface area (Å²) in [6.07, 6.45) is 0. The number of aryl methyl sites for hydroxylation is 2. The topological polar surface area (TPSA) is 86.4 Å². The number of amides is 1. The van der Waals surface area contributed by atoms with Gasteiger partial charge in [0.1, 0.15) is 17.0 Å². The van der Waals surface area contributed by atoms with Crippen LogP contribution in [-0.2, 0) is 0 Å². The maximum absolute atomic E-state index is 13.3. The quantitative estimate of drug-likeness (QED) is 0.493. The van der Waals surface area contributed by atoms with E-state index >= 15 is 0 Å². The van der Waals surface area contributed by atoms with Gasteiger partial charge in [-0.15, -0.1) is 0 Å². The van der Waals surface area contributed by atoms with Crippen LogP contribution in [0.3, 0.4) is 0 Å². The van der Waals surface area contributed by atoms with E-state index in [4.69, 9.17) is 16.1 Å². The van der Waals surface area contributed by atoms with E-state index in [0.29, 0.717) is 40.7 Å². The van der Waals surface area contributed by atoms with Crippen LogP contribution in [0.25, 0.3) is 11.3 Å². The molecule has 3 N–H and O–H groups in total. The van der Waals surface area contributed by atoms with Gasteiger partial charge in [0, 0.05) is 49.6 Å². The van der Waals surface area contributed by atoms with Gasteiger partial charge in [-0.05, 0) is 31.5 Å². The number of carbonyl (C=O) groups is 1. The van der Waals surface area contributed by atoms with E-state index in [-0.39, 0.29) is 5.91 Å². The number of carbonyl (C=O) groups excluding carboxylic acids is 1. The van der Waals surface area contributed by atoms with Crippen molar-refractivity contribution in [2.45, 2.75) is 13.8 Å². The first kappa shape index (κ1) is 20.4. The number of piperazine rings is 1. The summed E-state index contributed by atoms with van der Waals surface area (Å²) in [5.74, 6) is 0.398. The first-order chi connectivity index (χ1) is 14.5. The van der Waals surface area contributed by atoms with Crippen molar-refractivity contribution in [1.29, 1.82) is 0 Å². The minimum atomic E-state index is -0.0923. The Hall–Kier alpha value is -2.87. The zero-order valence-electron chi connectivity index (χ0n) is 16.9. The summed E-state index contributed by atoms with van der Waals surface area (Å²) in [6.45, 7) is 6.41. The minimum absolute atomic E-state index is 0.0923. The minimum Gasteiger partial charge on any atom is -0.368 e. The summed E-state index contributed by atoms with van der Waals surface area (Å²) in [6, 6.07) is 13.2. The smallest absolute Gasteiger partial charge is 0.259 e. The van der Waals surface area contributed by atoms with Crippen LogP contribution in [0, 0.1) is 13.8 Å². The first-order valence-electron chi connectivity index (χ1n) is 9.83. The molecule has 0 aliphatic carbocycles. The van der Waals surface area contributed by atoms with Crippen molar-refractivity contribution in [1.82, 2.24) is 10.1 Å². The summed E-state index contributed by atoms with van der Waals surface area (Å²) in [5, 5.41) is 13.8. The molecule has 1 aliphatic heterocycles. The van der Waals surface area contributed by atoms with E-state index in [9.17, 15) is 10.0 Å². The van der Waals surface area contributed by atoms with E-state index in [1.54, 1.807) is 13.0 Å². The normalized spacial score (nSPS) is 14.3. The van der Waals surface area contributed by atoms with Crippen LogP contribution in [0.5, 0.6) is 0 Å². The maximum Gasteiger partial charge on any atom is 0.259 e. The average Bonchev–Trinajstić information content (AvgIpc) is 3.14. The molecule has 30 heavy (non-hydrogen) atoms. The Balaban J connectivity index is 1.52. The van der Waals surface area contributed by atoms with Crippen LogP contribution in [0.2, 0.25) is 5.02 Å². The summed E-state index contributed by atoms with van der Waals surface area (Å²) in [4.78, 5) is 17.4. The van der Waals surface area contributed by atoms with Crippen molar-refractivity contribution >= 4 is 28.9 Å². The van der Waals surface area contributed by atoms with Gasteiger partial charge in [0.2, 0.25) is 0 Å². The molecule has 0 saturated carbocycles. The van der Waals surface area contributed by atoms with Crippen molar-refractivity contribution < 1.29 is 20.0 Å². The Bertz CT molecular complexity index is 1070. The number of halogens is 1. The second kappa shape index (κ2) is 8.47. The Morgan fingerprint density at radius 1 is 1.13 bits per heavy atom. The van der Waals surface area contributed by atoms with E-state index in [2.05, 4.69) is 10.1 Å². The van der Waals surface area contributed by atoms with Gasteiger partial charge in [-0.2, -0.15) is 5.48 Å². The lowest BCUT2D eigenvalue weighted by Gasteiger charge is -2.36. The standard InChI is InChI=1S/C22H23ClN4O3/c1-14-13-16(24-29)7-8-19(14)26-9-11-27(12-10-26)22(28)20-15(2)30-25-21(20)17-5-3-4-6-18(17)23/h3-8,13,24,29H,9-12H2,1-2H3/p+1. The van der Waals surface area contributed by atoms with Gasteiger partial charge in [0.25, 0.3) is 5.91 Å². The molecule has 0 spiro atoms. The molecule has 1 aromatic heterocycles. The number of anilines is 1. The largest absolute Gasteiger partial charge is 0.368 e. The van der Waals surface area contributed by atoms with E-state index in [1.807, 2.05) is 48.2 Å². The molecule has 4 rings (SSSR count). The molecule has 0 bridgehead atoms. The zero-order chi connectivity index (χ0) is 21.3. The van der Waals surface area contributed by atoms with Gasteiger partial charge in [-0.3, -0.25) is 4.79 Å². The number of quaternary nitrogens is 1. The van der Waals surface area contributed by atoms with Crippen molar-refractivity contribution in [3.05, 3.63) is 64.4 Å². The monoisotopic (exact) mass is 427 g/mol. The lowest BCUT2D eigenvalue weighted by atomic mass is 10.0. The Kier molecular flexibility index (Phi) is 5.76. The van der Waals surface area contributed by atoms with Crippen molar-refractivity contribution in [3.8, 4) is 11.3 Å². The number of aromatic nitrogens is 1. The second-order valence-corrected chi connectivity index (χ2v) is 7.80. The van der Waals surface area contributed by atoms with Crippen molar-refractivity contribution in [2.75, 3.05) is 31.1 Å². The molecule has 156 valence electrons. The second-order valence-electron chi connectivity index (χ2n) is 7.40. The summed E-state index contributed by atoms with van der Waals surface area (Å²) >= 11 is 6.32. The number of nitrogens with two attached hydrogens (primary N) is 1. The van der Waals surface area contributed by atoms with E-state index < -0.39 is 0 Å². The predicted octanol–water partition coefficient (Wildman–Crippen LogP) is 3.16. The van der Waals surface area contributed by atoms with E-state index in [1.165, 1.54) is 0 Å². The summed E-state index contributed by atoms with van der Waals surface area (Å²) in [7, 11) is 0. The van der Waals surface area contributed by atoms with Gasteiger partial charge < -0.3 is 14.3 Å². The third-order valence-corrected chi connectivity index (χ3v) is 5.81. The fourth-order valence-corrected chi connectivity index (χ4v) is 4.11. The van der Waals surface area contributed by atoms with Gasteiger partial charge in [0.15, 0.2) is 5.69 Å². The van der Waals surface area contributed by atoms with Crippen LogP contribution < -0.4 is 10.4 Å². The number of hydrogen-bond acceptors (Lipinski definition) is 5. The van der Waals surface area contributed by atoms with Crippen LogP contribution in [-0.4, -0.2) is 47.4 Å². The molecule has 2 aromatic carbocycles. The Labute approximate surface area is 179 Å². The van der Waals surface area contributed by atoms with Crippen LogP contribution in [0.15, 0.2) is 47.0 Å². The van der Waals surface area contributed by atoms with Crippen LogP contribution in [0.1, 0.15) is 21.7 Å².